The largest absolute Gasteiger partial charge is 0.497 e. The molecule has 0 radical (unpaired) electrons. The predicted molar refractivity (Wildman–Crippen MR) is 104 cm³/mol. The number of nitrogens with zero attached hydrogens (tertiary/aromatic N) is 2. The van der Waals surface area contributed by atoms with Gasteiger partial charge in [0.1, 0.15) is 0 Å². The number of hydrogen-bond acceptors (Lipinski definition) is 4. The number of urea groups is 1. The Morgan fingerprint density at radius 1 is 1.11 bits per heavy atom. The highest BCUT2D eigenvalue weighted by molar-refractivity contribution is 6.65. The van der Waals surface area contributed by atoms with Crippen LogP contribution >= 0.6 is 0 Å². The summed E-state index contributed by atoms with van der Waals surface area (Å²) >= 11 is 0. The van der Waals surface area contributed by atoms with E-state index in [-0.39, 0.29) is 12.3 Å². The molecule has 0 atom stereocenters. The Bertz CT molecular complexity index is 934. The normalized spacial score (nSPS) is 21.8. The monoisotopic (exact) mass is 369 g/mol. The molecule has 3 heterocycles. The summed E-state index contributed by atoms with van der Waals surface area (Å²) in [7, 11) is 1.43. The van der Waals surface area contributed by atoms with E-state index in [4.69, 9.17) is 9.31 Å². The summed E-state index contributed by atoms with van der Waals surface area (Å²) in [4.78, 5) is 25.4. The molecule has 1 aromatic heterocycles. The third-order valence-corrected chi connectivity index (χ3v) is 5.86. The Morgan fingerprint density at radius 3 is 2.41 bits per heavy atom. The quantitative estimate of drug-likeness (QED) is 0.821. The second-order valence-electron chi connectivity index (χ2n) is 8.24. The minimum Gasteiger partial charge on any atom is -0.399 e. The standard InChI is InChI=1S/C19H24BN3O4/c1-18(2)19(3,4)27-20(26-18)14-11-13(10-12-6-8-22(5)16(12)14)23-9-7-15(24)21-17(23)25/h6,8,10-11H,7,9H2,1-5H3,(H,21,24,25). The van der Waals surface area contributed by atoms with Gasteiger partial charge in [-0.05, 0) is 45.9 Å². The lowest BCUT2D eigenvalue weighted by Crippen LogP contribution is -2.50. The molecule has 142 valence electrons. The van der Waals surface area contributed by atoms with Gasteiger partial charge in [0, 0.05) is 48.3 Å². The van der Waals surface area contributed by atoms with Crippen LogP contribution in [0.5, 0.6) is 0 Å². The van der Waals surface area contributed by atoms with Gasteiger partial charge in [-0.25, -0.2) is 4.79 Å². The summed E-state index contributed by atoms with van der Waals surface area (Å²) in [5, 5.41) is 3.37. The molecule has 2 saturated heterocycles. The molecule has 2 fully saturated rings. The summed E-state index contributed by atoms with van der Waals surface area (Å²) in [6, 6.07) is 5.49. The van der Waals surface area contributed by atoms with Crippen LogP contribution in [0.2, 0.25) is 0 Å². The molecule has 7 nitrogen and oxygen atoms in total. The van der Waals surface area contributed by atoms with Crippen LogP contribution in [0.1, 0.15) is 34.1 Å². The van der Waals surface area contributed by atoms with E-state index in [0.29, 0.717) is 6.54 Å². The number of nitrogens with one attached hydrogen (secondary N) is 1. The van der Waals surface area contributed by atoms with Crippen LogP contribution in [0.25, 0.3) is 10.9 Å². The lowest BCUT2D eigenvalue weighted by Gasteiger charge is -2.32. The van der Waals surface area contributed by atoms with Gasteiger partial charge in [-0.1, -0.05) is 0 Å². The zero-order chi connectivity index (χ0) is 19.6. The van der Waals surface area contributed by atoms with Crippen molar-refractivity contribution in [2.75, 3.05) is 11.4 Å². The zero-order valence-electron chi connectivity index (χ0n) is 16.3. The Balaban J connectivity index is 1.81. The summed E-state index contributed by atoms with van der Waals surface area (Å²) in [5.41, 5.74) is 1.69. The number of fused-ring (bicyclic) bond motifs is 1. The maximum Gasteiger partial charge on any atom is 0.497 e. The lowest BCUT2D eigenvalue weighted by atomic mass is 9.77. The van der Waals surface area contributed by atoms with Gasteiger partial charge in [0.15, 0.2) is 0 Å². The first-order valence-electron chi connectivity index (χ1n) is 9.15. The predicted octanol–water partition coefficient (Wildman–Crippen LogP) is 1.92. The second-order valence-corrected chi connectivity index (χ2v) is 8.24. The van der Waals surface area contributed by atoms with E-state index in [9.17, 15) is 9.59 Å². The molecule has 0 aliphatic carbocycles. The molecular formula is C19H24BN3O4. The van der Waals surface area contributed by atoms with Gasteiger partial charge in [-0.3, -0.25) is 15.0 Å². The van der Waals surface area contributed by atoms with Gasteiger partial charge >= 0.3 is 13.1 Å². The fourth-order valence-corrected chi connectivity index (χ4v) is 3.58. The lowest BCUT2D eigenvalue weighted by molar-refractivity contribution is -0.120. The summed E-state index contributed by atoms with van der Waals surface area (Å²) in [5.74, 6) is -0.247. The van der Waals surface area contributed by atoms with Crippen LogP contribution in [0.3, 0.4) is 0 Å². The molecule has 0 spiro atoms. The number of amides is 3. The number of aromatic nitrogens is 1. The minimum absolute atomic E-state index is 0.247. The minimum atomic E-state index is -0.541. The number of carbonyl (C=O) groups is 2. The molecule has 0 bridgehead atoms. The van der Waals surface area contributed by atoms with Crippen molar-refractivity contribution < 1.29 is 18.9 Å². The Kier molecular flexibility index (Phi) is 3.91. The van der Waals surface area contributed by atoms with E-state index < -0.39 is 24.4 Å². The van der Waals surface area contributed by atoms with E-state index in [1.165, 1.54) is 0 Å². The van der Waals surface area contributed by atoms with Crippen LogP contribution in [0.15, 0.2) is 24.4 Å². The highest BCUT2D eigenvalue weighted by Crippen LogP contribution is 2.37. The molecule has 2 aromatic rings. The average molecular weight is 369 g/mol. The number of rotatable bonds is 2. The van der Waals surface area contributed by atoms with Crippen LogP contribution in [-0.2, 0) is 21.2 Å². The SMILES string of the molecule is Cn1ccc2cc(N3CCC(=O)NC3=O)cc(B3OC(C)(C)C(C)(C)O3)c21. The highest BCUT2D eigenvalue weighted by atomic mass is 16.7. The number of anilines is 1. The van der Waals surface area contributed by atoms with Gasteiger partial charge in [0.2, 0.25) is 5.91 Å². The summed E-state index contributed by atoms with van der Waals surface area (Å²) in [6.45, 7) is 8.42. The number of benzene rings is 1. The van der Waals surface area contributed by atoms with E-state index in [1.54, 1.807) is 4.90 Å². The van der Waals surface area contributed by atoms with Crippen molar-refractivity contribution in [2.24, 2.45) is 7.05 Å². The summed E-state index contributed by atoms with van der Waals surface area (Å²) < 4.78 is 14.5. The van der Waals surface area contributed by atoms with Crippen molar-refractivity contribution in [3.8, 4) is 0 Å². The molecule has 2 aliphatic rings. The highest BCUT2D eigenvalue weighted by Gasteiger charge is 2.52. The first kappa shape index (κ1) is 18.1. The maximum absolute atomic E-state index is 12.3. The number of aryl methyl sites for hydroxylation is 1. The fraction of sp³-hybridized carbons (Fsp3) is 0.474. The van der Waals surface area contributed by atoms with Crippen molar-refractivity contribution in [3.63, 3.8) is 0 Å². The van der Waals surface area contributed by atoms with Crippen molar-refractivity contribution in [2.45, 2.75) is 45.3 Å². The number of hydrogen-bond donors (Lipinski definition) is 1. The molecule has 1 N–H and O–H groups in total. The third kappa shape index (κ3) is 2.83. The van der Waals surface area contributed by atoms with E-state index in [0.717, 1.165) is 22.1 Å². The van der Waals surface area contributed by atoms with Gasteiger partial charge < -0.3 is 13.9 Å². The molecule has 8 heteroatoms. The smallest absolute Gasteiger partial charge is 0.399 e. The third-order valence-electron chi connectivity index (χ3n) is 5.86. The number of imide groups is 1. The Labute approximate surface area is 158 Å². The topological polar surface area (TPSA) is 72.8 Å². The molecule has 0 saturated carbocycles. The van der Waals surface area contributed by atoms with Crippen molar-refractivity contribution in [1.82, 2.24) is 9.88 Å². The molecule has 0 unspecified atom stereocenters. The molecule has 4 rings (SSSR count). The Hall–Kier alpha value is -2.32. The second kappa shape index (κ2) is 5.84. The van der Waals surface area contributed by atoms with Crippen LogP contribution in [0, 0.1) is 0 Å². The van der Waals surface area contributed by atoms with Crippen LogP contribution in [-0.4, -0.2) is 41.4 Å². The molecular weight excluding hydrogens is 345 g/mol. The Morgan fingerprint density at radius 2 is 1.78 bits per heavy atom. The van der Waals surface area contributed by atoms with E-state index in [1.807, 2.05) is 63.7 Å². The summed E-state index contributed by atoms with van der Waals surface area (Å²) in [6.07, 6.45) is 2.26. The molecule has 1 aromatic carbocycles. The number of carbonyl (C=O) groups excluding carboxylic acids is 2. The maximum atomic E-state index is 12.3. The fourth-order valence-electron chi connectivity index (χ4n) is 3.58. The van der Waals surface area contributed by atoms with Crippen molar-refractivity contribution in [3.05, 3.63) is 24.4 Å². The van der Waals surface area contributed by atoms with Crippen LogP contribution < -0.4 is 15.7 Å². The first-order valence-corrected chi connectivity index (χ1v) is 9.15. The molecule has 27 heavy (non-hydrogen) atoms. The van der Waals surface area contributed by atoms with Crippen molar-refractivity contribution >= 4 is 41.1 Å². The van der Waals surface area contributed by atoms with Gasteiger partial charge in [0.25, 0.3) is 0 Å². The van der Waals surface area contributed by atoms with Gasteiger partial charge in [-0.15, -0.1) is 0 Å². The molecule has 3 amide bonds. The van der Waals surface area contributed by atoms with Crippen molar-refractivity contribution in [1.29, 1.82) is 0 Å². The van der Waals surface area contributed by atoms with E-state index in [2.05, 4.69) is 5.32 Å². The van der Waals surface area contributed by atoms with E-state index >= 15 is 0 Å². The van der Waals surface area contributed by atoms with Gasteiger partial charge in [-0.2, -0.15) is 0 Å². The molecule has 2 aliphatic heterocycles. The van der Waals surface area contributed by atoms with Crippen LogP contribution in [0.4, 0.5) is 10.5 Å². The first-order chi connectivity index (χ1) is 12.6. The van der Waals surface area contributed by atoms with Gasteiger partial charge in [0.05, 0.1) is 11.2 Å². The average Bonchev–Trinajstić information content (AvgIpc) is 3.03. The zero-order valence-corrected chi connectivity index (χ0v) is 16.3.